The van der Waals surface area contributed by atoms with Crippen molar-refractivity contribution in [3.8, 4) is 0 Å². The van der Waals surface area contributed by atoms with E-state index in [1.807, 2.05) is 0 Å². The number of benzene rings is 1. The summed E-state index contributed by atoms with van der Waals surface area (Å²) < 4.78 is 25.5. The highest BCUT2D eigenvalue weighted by Crippen LogP contribution is 2.21. The molecule has 0 spiro atoms. The third-order valence-corrected chi connectivity index (χ3v) is 1.70. The minimum absolute atomic E-state index is 0.129. The van der Waals surface area contributed by atoms with Crippen molar-refractivity contribution in [1.29, 1.82) is 0 Å². The zero-order valence-electron chi connectivity index (χ0n) is 5.98. The summed E-state index contributed by atoms with van der Waals surface area (Å²) >= 11 is 5.27. The maximum atomic E-state index is 12.9. The number of hydrogen-bond donors (Lipinski definition) is 1. The summed E-state index contributed by atoms with van der Waals surface area (Å²) in [5.74, 6) is 3.09. The van der Waals surface area contributed by atoms with Crippen molar-refractivity contribution < 1.29 is 13.6 Å². The topological polar surface area (TPSA) is 35.2 Å². The van der Waals surface area contributed by atoms with Crippen molar-refractivity contribution in [3.63, 3.8) is 0 Å². The Hall–Kier alpha value is -0.710. The van der Waals surface area contributed by atoms with Gasteiger partial charge in [0.1, 0.15) is 16.7 Å². The van der Waals surface area contributed by atoms with Crippen molar-refractivity contribution in [2.75, 3.05) is 0 Å². The summed E-state index contributed by atoms with van der Waals surface area (Å²) in [5.41, 5.74) is 0.129. The minimum Gasteiger partial charge on any atom is -0.300 e. The molecule has 1 aromatic carbocycles. The second kappa shape index (κ2) is 3.80. The van der Waals surface area contributed by atoms with Gasteiger partial charge in [-0.15, -0.1) is 0 Å². The van der Waals surface area contributed by atoms with Crippen molar-refractivity contribution in [2.24, 2.45) is 5.90 Å². The lowest BCUT2D eigenvalue weighted by atomic mass is 10.2. The number of nitrogens with two attached hydrogens (primary N) is 1. The fraction of sp³-hybridized carbons (Fsp3) is 0.143. The van der Waals surface area contributed by atoms with Gasteiger partial charge in [-0.25, -0.2) is 14.7 Å². The Morgan fingerprint density at radius 2 is 2.08 bits per heavy atom. The first-order chi connectivity index (χ1) is 5.66. The third-order valence-electron chi connectivity index (χ3n) is 1.35. The van der Waals surface area contributed by atoms with Gasteiger partial charge in [0.25, 0.3) is 0 Å². The Bertz CT molecular complexity index is 293. The molecule has 0 radical (unpaired) electrons. The van der Waals surface area contributed by atoms with E-state index in [2.05, 4.69) is 4.84 Å². The van der Waals surface area contributed by atoms with Crippen molar-refractivity contribution >= 4 is 11.6 Å². The zero-order chi connectivity index (χ0) is 9.14. The lowest BCUT2D eigenvalue weighted by molar-refractivity contribution is 0.121. The first-order valence-electron chi connectivity index (χ1n) is 3.11. The first kappa shape index (κ1) is 9.38. The van der Waals surface area contributed by atoms with Crippen LogP contribution in [0.1, 0.15) is 5.56 Å². The average molecular weight is 194 g/mol. The molecule has 0 saturated carbocycles. The molecule has 0 amide bonds. The second-order valence-electron chi connectivity index (χ2n) is 2.15. The summed E-state index contributed by atoms with van der Waals surface area (Å²) in [6.07, 6.45) is 0. The SMILES string of the molecule is NOCc1ccc(F)c(Cl)c1F. The van der Waals surface area contributed by atoms with Gasteiger partial charge in [-0.05, 0) is 6.07 Å². The van der Waals surface area contributed by atoms with Gasteiger partial charge in [-0.1, -0.05) is 17.7 Å². The Morgan fingerprint density at radius 1 is 1.42 bits per heavy atom. The molecule has 66 valence electrons. The number of hydrogen-bond acceptors (Lipinski definition) is 2. The van der Waals surface area contributed by atoms with Gasteiger partial charge in [-0.3, -0.25) is 4.84 Å². The van der Waals surface area contributed by atoms with Crippen LogP contribution in [-0.2, 0) is 11.4 Å². The lowest BCUT2D eigenvalue weighted by Crippen LogP contribution is -2.02. The Kier molecular flexibility index (Phi) is 2.97. The molecule has 0 aliphatic rings. The van der Waals surface area contributed by atoms with E-state index in [9.17, 15) is 8.78 Å². The van der Waals surface area contributed by atoms with Gasteiger partial charge in [0.15, 0.2) is 0 Å². The highest BCUT2D eigenvalue weighted by molar-refractivity contribution is 6.30. The molecular weight excluding hydrogens is 188 g/mol. The molecule has 0 heterocycles. The second-order valence-corrected chi connectivity index (χ2v) is 2.52. The smallest absolute Gasteiger partial charge is 0.150 e. The molecule has 0 bridgehead atoms. The highest BCUT2D eigenvalue weighted by atomic mass is 35.5. The first-order valence-corrected chi connectivity index (χ1v) is 3.48. The number of halogens is 3. The van der Waals surface area contributed by atoms with Crippen LogP contribution in [0, 0.1) is 11.6 Å². The standard InChI is InChI=1S/C7H6ClF2NO/c8-6-5(9)2-1-4(3-12-11)7(6)10/h1-2H,3,11H2. The third kappa shape index (κ3) is 1.72. The molecular formula is C7H6ClF2NO. The molecule has 0 atom stereocenters. The molecule has 2 nitrogen and oxygen atoms in total. The van der Waals surface area contributed by atoms with E-state index in [4.69, 9.17) is 17.5 Å². The van der Waals surface area contributed by atoms with Crippen LogP contribution < -0.4 is 5.90 Å². The van der Waals surface area contributed by atoms with Crippen molar-refractivity contribution in [3.05, 3.63) is 34.4 Å². The van der Waals surface area contributed by atoms with Gasteiger partial charge < -0.3 is 0 Å². The number of rotatable bonds is 2. The van der Waals surface area contributed by atoms with E-state index in [1.54, 1.807) is 0 Å². The Labute approximate surface area is 72.8 Å². The maximum Gasteiger partial charge on any atom is 0.150 e. The van der Waals surface area contributed by atoms with E-state index < -0.39 is 16.7 Å². The average Bonchev–Trinajstić information content (AvgIpc) is 2.07. The van der Waals surface area contributed by atoms with Crippen LogP contribution in [0.3, 0.4) is 0 Å². The maximum absolute atomic E-state index is 12.9. The summed E-state index contributed by atoms with van der Waals surface area (Å²) in [5, 5.41) is -0.537. The molecule has 1 aromatic rings. The molecule has 0 aliphatic carbocycles. The molecule has 0 aliphatic heterocycles. The summed E-state index contributed by atoms with van der Waals surface area (Å²) in [6, 6.07) is 2.28. The quantitative estimate of drug-likeness (QED) is 0.576. The molecule has 2 N–H and O–H groups in total. The molecule has 0 fully saturated rings. The normalized spacial score (nSPS) is 10.3. The Balaban J connectivity index is 3.08. The molecule has 12 heavy (non-hydrogen) atoms. The van der Waals surface area contributed by atoms with Crippen LogP contribution in [-0.4, -0.2) is 0 Å². The summed E-state index contributed by atoms with van der Waals surface area (Å²) in [4.78, 5) is 4.18. The van der Waals surface area contributed by atoms with E-state index >= 15 is 0 Å². The largest absolute Gasteiger partial charge is 0.300 e. The fourth-order valence-electron chi connectivity index (χ4n) is 0.767. The fourth-order valence-corrected chi connectivity index (χ4v) is 0.952. The van der Waals surface area contributed by atoms with Crippen LogP contribution in [0.5, 0.6) is 0 Å². The van der Waals surface area contributed by atoms with E-state index in [0.29, 0.717) is 0 Å². The van der Waals surface area contributed by atoms with Gasteiger partial charge in [0.05, 0.1) is 6.61 Å². The minimum atomic E-state index is -0.831. The van der Waals surface area contributed by atoms with Crippen LogP contribution in [0.4, 0.5) is 8.78 Å². The molecule has 1 rings (SSSR count). The van der Waals surface area contributed by atoms with Crippen molar-refractivity contribution in [1.82, 2.24) is 0 Å². The molecule has 5 heteroatoms. The van der Waals surface area contributed by atoms with E-state index in [0.717, 1.165) is 6.07 Å². The monoisotopic (exact) mass is 193 g/mol. The molecule has 0 aromatic heterocycles. The van der Waals surface area contributed by atoms with Gasteiger partial charge >= 0.3 is 0 Å². The van der Waals surface area contributed by atoms with Crippen LogP contribution in [0.2, 0.25) is 5.02 Å². The Morgan fingerprint density at radius 3 is 2.67 bits per heavy atom. The highest BCUT2D eigenvalue weighted by Gasteiger charge is 2.10. The zero-order valence-corrected chi connectivity index (χ0v) is 6.74. The van der Waals surface area contributed by atoms with Crippen LogP contribution in [0.15, 0.2) is 12.1 Å². The summed E-state index contributed by atoms with van der Waals surface area (Å²) in [6.45, 7) is -0.133. The molecule has 0 unspecified atom stereocenters. The van der Waals surface area contributed by atoms with Gasteiger partial charge in [0.2, 0.25) is 0 Å². The predicted octanol–water partition coefficient (Wildman–Crippen LogP) is 2.01. The van der Waals surface area contributed by atoms with Gasteiger partial charge in [-0.2, -0.15) is 0 Å². The van der Waals surface area contributed by atoms with Crippen LogP contribution >= 0.6 is 11.6 Å². The predicted molar refractivity (Wildman–Crippen MR) is 40.3 cm³/mol. The lowest BCUT2D eigenvalue weighted by Gasteiger charge is -2.02. The molecule has 0 saturated heterocycles. The summed E-state index contributed by atoms with van der Waals surface area (Å²) in [7, 11) is 0. The van der Waals surface area contributed by atoms with Gasteiger partial charge in [0, 0.05) is 5.56 Å². The van der Waals surface area contributed by atoms with E-state index in [1.165, 1.54) is 6.07 Å². The van der Waals surface area contributed by atoms with Crippen LogP contribution in [0.25, 0.3) is 0 Å². The van der Waals surface area contributed by atoms with E-state index in [-0.39, 0.29) is 12.2 Å². The van der Waals surface area contributed by atoms with Crippen molar-refractivity contribution in [2.45, 2.75) is 6.61 Å².